The smallest absolute Gasteiger partial charge is 0.257 e. The van der Waals surface area contributed by atoms with Gasteiger partial charge in [0.1, 0.15) is 5.69 Å². The monoisotopic (exact) mass is 337 g/mol. The number of amides is 1. The molecule has 5 nitrogen and oxygen atoms in total. The van der Waals surface area contributed by atoms with Crippen molar-refractivity contribution in [2.75, 3.05) is 24.6 Å². The van der Waals surface area contributed by atoms with Crippen molar-refractivity contribution in [1.82, 2.24) is 14.7 Å². The Hall–Kier alpha value is -1.66. The minimum Gasteiger partial charge on any atom is -0.337 e. The number of aryl methyl sites for hydroxylation is 1. The molecule has 3 rings (SSSR count). The van der Waals surface area contributed by atoms with E-state index in [1.54, 1.807) is 28.9 Å². The molecular formula is C15H16ClN3O2S. The average molecular weight is 338 g/mol. The Balaban J connectivity index is 1.96. The van der Waals surface area contributed by atoms with E-state index in [1.807, 2.05) is 18.2 Å². The van der Waals surface area contributed by atoms with E-state index in [9.17, 15) is 9.00 Å². The van der Waals surface area contributed by atoms with Gasteiger partial charge in [-0.3, -0.25) is 13.7 Å². The van der Waals surface area contributed by atoms with Gasteiger partial charge in [0.2, 0.25) is 0 Å². The normalized spacial score (nSPS) is 16.0. The molecule has 1 aromatic heterocycles. The first kappa shape index (κ1) is 15.2. The van der Waals surface area contributed by atoms with E-state index < -0.39 is 10.8 Å². The fourth-order valence-corrected chi connectivity index (χ4v) is 3.79. The quantitative estimate of drug-likeness (QED) is 0.841. The molecule has 0 radical (unpaired) electrons. The highest BCUT2D eigenvalue weighted by Crippen LogP contribution is 2.29. The van der Waals surface area contributed by atoms with Crippen LogP contribution in [0.2, 0.25) is 5.02 Å². The molecule has 7 heteroatoms. The third kappa shape index (κ3) is 2.94. The highest BCUT2D eigenvalue weighted by Gasteiger charge is 2.26. The summed E-state index contributed by atoms with van der Waals surface area (Å²) in [5.41, 5.74) is 1.86. The Bertz CT molecular complexity index is 734. The van der Waals surface area contributed by atoms with Crippen LogP contribution in [0.5, 0.6) is 0 Å². The molecule has 0 spiro atoms. The number of carbonyl (C=O) groups excluding carboxylic acids is 1. The van der Waals surface area contributed by atoms with Gasteiger partial charge < -0.3 is 4.90 Å². The number of halogens is 1. The van der Waals surface area contributed by atoms with Crippen molar-refractivity contribution >= 4 is 28.3 Å². The van der Waals surface area contributed by atoms with Gasteiger partial charge in [-0.1, -0.05) is 29.8 Å². The highest BCUT2D eigenvalue weighted by atomic mass is 35.5. The molecule has 0 unspecified atom stereocenters. The predicted molar refractivity (Wildman–Crippen MR) is 87.4 cm³/mol. The van der Waals surface area contributed by atoms with Crippen LogP contribution in [0.15, 0.2) is 30.5 Å². The summed E-state index contributed by atoms with van der Waals surface area (Å²) in [7, 11) is 0.971. The van der Waals surface area contributed by atoms with E-state index in [0.717, 1.165) is 5.56 Å². The lowest BCUT2D eigenvalue weighted by molar-refractivity contribution is 0.0772. The number of nitrogens with zero attached hydrogens (tertiary/aromatic N) is 3. The second-order valence-electron chi connectivity index (χ2n) is 5.19. The molecule has 1 aliphatic heterocycles. The van der Waals surface area contributed by atoms with Crippen LogP contribution >= 0.6 is 11.6 Å². The van der Waals surface area contributed by atoms with Crippen LogP contribution in [-0.2, 0) is 17.8 Å². The van der Waals surface area contributed by atoms with Crippen molar-refractivity contribution in [3.05, 3.63) is 41.0 Å². The maximum atomic E-state index is 12.8. The largest absolute Gasteiger partial charge is 0.337 e. The van der Waals surface area contributed by atoms with Crippen LogP contribution in [0.25, 0.3) is 11.3 Å². The van der Waals surface area contributed by atoms with Gasteiger partial charge in [-0.15, -0.1) is 0 Å². The standard InChI is InChI=1S/C15H16ClN3O2S/c1-18-10-12(15(20)19-6-8-22(21)9-7-19)14(17-18)11-4-2-3-5-13(11)16/h2-5,10H,6-9H2,1H3. The molecule has 1 fully saturated rings. The number of hydrogen-bond acceptors (Lipinski definition) is 3. The molecule has 1 aliphatic rings. The van der Waals surface area contributed by atoms with Crippen LogP contribution in [0.3, 0.4) is 0 Å². The van der Waals surface area contributed by atoms with Crippen molar-refractivity contribution < 1.29 is 9.00 Å². The third-order valence-corrected chi connectivity index (χ3v) is 5.26. The molecule has 0 bridgehead atoms. The van der Waals surface area contributed by atoms with Crippen molar-refractivity contribution in [3.8, 4) is 11.3 Å². The third-order valence-electron chi connectivity index (χ3n) is 3.65. The van der Waals surface area contributed by atoms with Gasteiger partial charge in [0.05, 0.1) is 10.6 Å². The van der Waals surface area contributed by atoms with Crippen molar-refractivity contribution in [1.29, 1.82) is 0 Å². The molecule has 0 aliphatic carbocycles. The minimum atomic E-state index is -0.809. The van der Waals surface area contributed by atoms with Gasteiger partial charge in [0.15, 0.2) is 0 Å². The minimum absolute atomic E-state index is 0.0836. The maximum Gasteiger partial charge on any atom is 0.257 e. The Morgan fingerprint density at radius 3 is 2.64 bits per heavy atom. The van der Waals surface area contributed by atoms with Gasteiger partial charge in [-0.05, 0) is 6.07 Å². The first-order valence-electron chi connectivity index (χ1n) is 6.99. The summed E-state index contributed by atoms with van der Waals surface area (Å²) in [6.45, 7) is 1.03. The molecule has 1 amide bonds. The van der Waals surface area contributed by atoms with Gasteiger partial charge in [-0.25, -0.2) is 0 Å². The molecule has 0 atom stereocenters. The summed E-state index contributed by atoms with van der Waals surface area (Å²) < 4.78 is 13.1. The number of carbonyl (C=O) groups is 1. The fourth-order valence-electron chi connectivity index (χ4n) is 2.51. The van der Waals surface area contributed by atoms with Crippen molar-refractivity contribution in [2.24, 2.45) is 7.05 Å². The van der Waals surface area contributed by atoms with E-state index in [0.29, 0.717) is 40.9 Å². The number of hydrogen-bond donors (Lipinski definition) is 0. The van der Waals surface area contributed by atoms with E-state index >= 15 is 0 Å². The first-order valence-corrected chi connectivity index (χ1v) is 8.85. The molecule has 1 aromatic carbocycles. The van der Waals surface area contributed by atoms with Crippen LogP contribution in [0.4, 0.5) is 0 Å². The van der Waals surface area contributed by atoms with E-state index in [-0.39, 0.29) is 5.91 Å². The second-order valence-corrected chi connectivity index (χ2v) is 7.29. The fraction of sp³-hybridized carbons (Fsp3) is 0.333. The summed E-state index contributed by atoms with van der Waals surface area (Å²) in [6.07, 6.45) is 1.71. The SMILES string of the molecule is Cn1cc(C(=O)N2CCS(=O)CC2)c(-c2ccccc2Cl)n1. The summed E-state index contributed by atoms with van der Waals surface area (Å²) in [6, 6.07) is 7.35. The number of benzene rings is 1. The van der Waals surface area contributed by atoms with Gasteiger partial charge >= 0.3 is 0 Å². The Kier molecular flexibility index (Phi) is 4.31. The average Bonchev–Trinajstić information content (AvgIpc) is 2.89. The molecule has 1 saturated heterocycles. The van der Waals surface area contributed by atoms with Crippen LogP contribution < -0.4 is 0 Å². The highest BCUT2D eigenvalue weighted by molar-refractivity contribution is 7.85. The van der Waals surface area contributed by atoms with Crippen molar-refractivity contribution in [3.63, 3.8) is 0 Å². The lowest BCUT2D eigenvalue weighted by Crippen LogP contribution is -2.41. The molecule has 0 saturated carbocycles. The summed E-state index contributed by atoms with van der Waals surface area (Å²) >= 11 is 6.24. The zero-order valence-electron chi connectivity index (χ0n) is 12.2. The molecule has 116 valence electrons. The topological polar surface area (TPSA) is 55.2 Å². The molecule has 0 N–H and O–H groups in total. The lowest BCUT2D eigenvalue weighted by Gasteiger charge is -2.26. The Morgan fingerprint density at radius 1 is 1.27 bits per heavy atom. The Morgan fingerprint density at radius 2 is 1.95 bits per heavy atom. The Labute approximate surface area is 136 Å². The predicted octanol–water partition coefficient (Wildman–Crippen LogP) is 1.95. The van der Waals surface area contributed by atoms with Gasteiger partial charge in [0.25, 0.3) is 5.91 Å². The number of aromatic nitrogens is 2. The van der Waals surface area contributed by atoms with Gasteiger partial charge in [-0.2, -0.15) is 5.10 Å². The maximum absolute atomic E-state index is 12.8. The number of rotatable bonds is 2. The van der Waals surface area contributed by atoms with Crippen LogP contribution in [0.1, 0.15) is 10.4 Å². The van der Waals surface area contributed by atoms with Crippen molar-refractivity contribution in [2.45, 2.75) is 0 Å². The second kappa shape index (κ2) is 6.22. The molecule has 2 aromatic rings. The summed E-state index contributed by atoms with van der Waals surface area (Å²) in [5.74, 6) is 0.987. The van der Waals surface area contributed by atoms with E-state index in [4.69, 9.17) is 11.6 Å². The molecular weight excluding hydrogens is 322 g/mol. The zero-order valence-corrected chi connectivity index (χ0v) is 13.7. The first-order chi connectivity index (χ1) is 10.6. The molecule has 2 heterocycles. The van der Waals surface area contributed by atoms with E-state index in [2.05, 4.69) is 5.10 Å². The summed E-state index contributed by atoms with van der Waals surface area (Å²) in [4.78, 5) is 14.5. The van der Waals surface area contributed by atoms with Crippen LogP contribution in [-0.4, -0.2) is 49.4 Å². The molecule has 22 heavy (non-hydrogen) atoms. The zero-order chi connectivity index (χ0) is 15.7. The lowest BCUT2D eigenvalue weighted by atomic mass is 10.1. The van der Waals surface area contributed by atoms with E-state index in [1.165, 1.54) is 0 Å². The van der Waals surface area contributed by atoms with Gasteiger partial charge in [0, 0.05) is 54.2 Å². The summed E-state index contributed by atoms with van der Waals surface area (Å²) in [5, 5.41) is 4.96. The van der Waals surface area contributed by atoms with Crippen LogP contribution in [0, 0.1) is 0 Å².